The number of fused-ring (bicyclic) bond motifs is 1. The lowest BCUT2D eigenvalue weighted by atomic mass is 9.87. The van der Waals surface area contributed by atoms with Gasteiger partial charge >= 0.3 is 12.1 Å². The highest BCUT2D eigenvalue weighted by molar-refractivity contribution is 5.92. The van der Waals surface area contributed by atoms with Crippen LogP contribution < -0.4 is 11.1 Å². The van der Waals surface area contributed by atoms with Gasteiger partial charge < -0.3 is 35.6 Å². The Morgan fingerprint density at radius 2 is 2.08 bits per heavy atom. The van der Waals surface area contributed by atoms with Crippen LogP contribution in [0.3, 0.4) is 0 Å². The summed E-state index contributed by atoms with van der Waals surface area (Å²) in [7, 11) is 0. The van der Waals surface area contributed by atoms with Crippen LogP contribution in [0.5, 0.6) is 0 Å². The van der Waals surface area contributed by atoms with E-state index in [0.717, 1.165) is 19.3 Å². The van der Waals surface area contributed by atoms with E-state index in [1.165, 1.54) is 17.8 Å². The van der Waals surface area contributed by atoms with Gasteiger partial charge in [0.1, 0.15) is 30.1 Å². The molecule has 0 aliphatic carbocycles. The fraction of sp³-hybridized carbons (Fsp3) is 0.625. The molecule has 2 aromatic rings. The fourth-order valence-corrected chi connectivity index (χ4v) is 4.25. The van der Waals surface area contributed by atoms with E-state index in [9.17, 15) is 19.8 Å². The molecule has 0 spiro atoms. The molecular weight excluding hydrogens is 484 g/mol. The van der Waals surface area contributed by atoms with Crippen molar-refractivity contribution in [2.45, 2.75) is 76.9 Å². The van der Waals surface area contributed by atoms with Crippen molar-refractivity contribution in [1.29, 1.82) is 5.41 Å². The SMILES string of the molecule is CCCCCOC(=O)Nc1ncnn2c([C@]3(C(C)=N)OC(CO)[C@@H](OC(=O)[C@@H](N)C(C)C)[C@H]3O)ccc12. The number of unbranched alkanes of at least 4 members (excludes halogenated alkanes) is 2. The predicted octanol–water partition coefficient (Wildman–Crippen LogP) is 1.35. The topological polar surface area (TPSA) is 194 Å². The molecule has 0 aromatic carbocycles. The van der Waals surface area contributed by atoms with Gasteiger partial charge in [0.2, 0.25) is 0 Å². The molecule has 0 radical (unpaired) electrons. The quantitative estimate of drug-likeness (QED) is 0.164. The number of carbonyl (C=O) groups excluding carboxylic acids is 2. The summed E-state index contributed by atoms with van der Waals surface area (Å²) in [5, 5.41) is 36.7. The van der Waals surface area contributed by atoms with Crippen LogP contribution in [0.2, 0.25) is 0 Å². The van der Waals surface area contributed by atoms with Gasteiger partial charge in [0.25, 0.3) is 0 Å². The van der Waals surface area contributed by atoms with Crippen molar-refractivity contribution >= 4 is 29.1 Å². The number of hydrogen-bond donors (Lipinski definition) is 5. The first kappa shape index (κ1) is 28.4. The molecular formula is C24H36N6O7. The van der Waals surface area contributed by atoms with Crippen molar-refractivity contribution in [2.24, 2.45) is 11.7 Å². The third kappa shape index (κ3) is 5.59. The number of aliphatic hydroxyl groups is 2. The van der Waals surface area contributed by atoms with Crippen molar-refractivity contribution in [3.05, 3.63) is 24.2 Å². The standard InChI is InChI=1S/C24H36N6O7/c1-5-6-7-10-35-23(34)29-21-15-8-9-17(30(15)28-12-27-21)24(14(4)25)20(32)19(16(11-31)37-24)36-22(33)18(26)13(2)3/h8-9,12-13,16,18-20,25,31-32H,5-7,10-11,26H2,1-4H3,(H,27,28,29,34)/t16?,18-,19+,20+,24-/m0/s1. The monoisotopic (exact) mass is 520 g/mol. The summed E-state index contributed by atoms with van der Waals surface area (Å²) in [6.07, 6.45) is -0.813. The minimum atomic E-state index is -1.82. The Bertz CT molecular complexity index is 1120. The average Bonchev–Trinajstić information content (AvgIpc) is 3.41. The van der Waals surface area contributed by atoms with Crippen molar-refractivity contribution in [1.82, 2.24) is 14.6 Å². The van der Waals surface area contributed by atoms with Crippen LogP contribution in [0.15, 0.2) is 18.5 Å². The normalized spacial score (nSPS) is 24.3. The highest BCUT2D eigenvalue weighted by Crippen LogP contribution is 2.43. The number of carbonyl (C=O) groups is 2. The Morgan fingerprint density at radius 1 is 1.35 bits per heavy atom. The van der Waals surface area contributed by atoms with Gasteiger partial charge in [0.15, 0.2) is 17.5 Å². The van der Waals surface area contributed by atoms with Gasteiger partial charge in [0, 0.05) is 5.71 Å². The smallest absolute Gasteiger partial charge is 0.412 e. The van der Waals surface area contributed by atoms with E-state index in [0.29, 0.717) is 5.52 Å². The second kappa shape index (κ2) is 11.9. The Labute approximate surface area is 214 Å². The molecule has 3 heterocycles. The molecule has 0 saturated carbocycles. The summed E-state index contributed by atoms with van der Waals surface area (Å²) in [5.41, 5.74) is 4.53. The van der Waals surface area contributed by atoms with Crippen molar-refractivity contribution in [3.63, 3.8) is 0 Å². The van der Waals surface area contributed by atoms with Gasteiger partial charge in [-0.05, 0) is 31.4 Å². The first-order valence-electron chi connectivity index (χ1n) is 12.3. The van der Waals surface area contributed by atoms with Gasteiger partial charge in [-0.1, -0.05) is 33.6 Å². The van der Waals surface area contributed by atoms with E-state index in [4.69, 9.17) is 25.4 Å². The zero-order valence-electron chi connectivity index (χ0n) is 21.5. The van der Waals surface area contributed by atoms with Crippen LogP contribution in [0.1, 0.15) is 52.7 Å². The van der Waals surface area contributed by atoms with Crippen LogP contribution >= 0.6 is 0 Å². The maximum Gasteiger partial charge on any atom is 0.412 e. The number of nitrogens with two attached hydrogens (primary N) is 1. The number of aromatic nitrogens is 3. The molecule has 37 heavy (non-hydrogen) atoms. The van der Waals surface area contributed by atoms with Crippen molar-refractivity contribution < 1.29 is 34.0 Å². The van der Waals surface area contributed by atoms with E-state index in [-0.39, 0.29) is 29.7 Å². The Kier molecular flexibility index (Phi) is 9.18. The lowest BCUT2D eigenvalue weighted by Gasteiger charge is -2.31. The van der Waals surface area contributed by atoms with Crippen LogP contribution in [0.4, 0.5) is 10.6 Å². The summed E-state index contributed by atoms with van der Waals surface area (Å²) in [6.45, 7) is 6.66. The number of hydrogen-bond acceptors (Lipinski definition) is 11. The number of esters is 1. The largest absolute Gasteiger partial charge is 0.455 e. The number of nitrogens with zero attached hydrogens (tertiary/aromatic N) is 3. The molecule has 1 saturated heterocycles. The molecule has 1 unspecified atom stereocenters. The molecule has 13 nitrogen and oxygen atoms in total. The zero-order chi connectivity index (χ0) is 27.3. The van der Waals surface area contributed by atoms with Crippen LogP contribution in [-0.2, 0) is 24.6 Å². The number of nitrogens with one attached hydrogen (secondary N) is 2. The molecule has 13 heteroatoms. The zero-order valence-corrected chi connectivity index (χ0v) is 21.5. The van der Waals surface area contributed by atoms with E-state index in [2.05, 4.69) is 15.4 Å². The maximum atomic E-state index is 12.6. The lowest BCUT2D eigenvalue weighted by molar-refractivity contribution is -0.159. The van der Waals surface area contributed by atoms with Crippen molar-refractivity contribution in [3.8, 4) is 0 Å². The molecule has 1 aliphatic heterocycles. The average molecular weight is 521 g/mol. The molecule has 0 bridgehead atoms. The number of amides is 1. The summed E-state index contributed by atoms with van der Waals surface area (Å²) in [4.78, 5) is 28.9. The summed E-state index contributed by atoms with van der Waals surface area (Å²) in [6, 6.07) is 2.20. The highest BCUT2D eigenvalue weighted by Gasteiger charge is 2.60. The third-order valence-corrected chi connectivity index (χ3v) is 6.45. The summed E-state index contributed by atoms with van der Waals surface area (Å²) < 4.78 is 18.1. The Hall–Kier alpha value is -3.13. The summed E-state index contributed by atoms with van der Waals surface area (Å²) in [5.74, 6) is -0.827. The predicted molar refractivity (Wildman–Crippen MR) is 133 cm³/mol. The van der Waals surface area contributed by atoms with Gasteiger partial charge in [-0.15, -0.1) is 0 Å². The molecule has 3 rings (SSSR count). The van der Waals surface area contributed by atoms with Gasteiger partial charge in [-0.25, -0.2) is 14.3 Å². The minimum Gasteiger partial charge on any atom is -0.455 e. The maximum absolute atomic E-state index is 12.6. The van der Waals surface area contributed by atoms with Crippen molar-refractivity contribution in [2.75, 3.05) is 18.5 Å². The number of ether oxygens (including phenoxy) is 3. The number of anilines is 1. The fourth-order valence-electron chi connectivity index (χ4n) is 4.25. The second-order valence-electron chi connectivity index (χ2n) is 9.41. The van der Waals surface area contributed by atoms with Crippen LogP contribution in [-0.4, -0.2) is 80.2 Å². The third-order valence-electron chi connectivity index (χ3n) is 6.45. The van der Waals surface area contributed by atoms with E-state index >= 15 is 0 Å². The molecule has 1 aliphatic rings. The molecule has 2 aromatic heterocycles. The first-order chi connectivity index (χ1) is 17.6. The van der Waals surface area contributed by atoms with Gasteiger partial charge in [-0.3, -0.25) is 10.1 Å². The van der Waals surface area contributed by atoms with Gasteiger partial charge in [-0.2, -0.15) is 5.10 Å². The number of rotatable bonds is 11. The highest BCUT2D eigenvalue weighted by atomic mass is 16.6. The van der Waals surface area contributed by atoms with E-state index in [1.807, 2.05) is 6.92 Å². The van der Waals surface area contributed by atoms with E-state index < -0.39 is 48.6 Å². The second-order valence-corrected chi connectivity index (χ2v) is 9.41. The van der Waals surface area contributed by atoms with Gasteiger partial charge in [0.05, 0.1) is 18.9 Å². The summed E-state index contributed by atoms with van der Waals surface area (Å²) >= 11 is 0. The lowest BCUT2D eigenvalue weighted by Crippen LogP contribution is -2.49. The van der Waals surface area contributed by atoms with E-state index in [1.54, 1.807) is 26.0 Å². The van der Waals surface area contributed by atoms with Crippen LogP contribution in [0.25, 0.3) is 5.52 Å². The molecule has 1 fully saturated rings. The molecule has 5 atom stereocenters. The molecule has 204 valence electrons. The minimum absolute atomic E-state index is 0.117. The number of aliphatic hydroxyl groups excluding tert-OH is 2. The Balaban J connectivity index is 1.94. The molecule has 1 amide bonds. The first-order valence-corrected chi connectivity index (χ1v) is 12.3. The molecule has 6 N–H and O–H groups in total. The Morgan fingerprint density at radius 3 is 2.70 bits per heavy atom. The van der Waals surface area contributed by atoms with Crippen LogP contribution in [0, 0.1) is 11.3 Å².